The Morgan fingerprint density at radius 2 is 2.10 bits per heavy atom. The van der Waals surface area contributed by atoms with Gasteiger partial charge in [0.05, 0.1) is 16.9 Å². The molecule has 8 heteroatoms. The van der Waals surface area contributed by atoms with Crippen molar-refractivity contribution >= 4 is 29.1 Å². The van der Waals surface area contributed by atoms with Crippen molar-refractivity contribution in [3.8, 4) is 0 Å². The van der Waals surface area contributed by atoms with Gasteiger partial charge >= 0.3 is 5.97 Å². The van der Waals surface area contributed by atoms with E-state index in [0.717, 1.165) is 29.7 Å². The van der Waals surface area contributed by atoms with Crippen molar-refractivity contribution in [3.05, 3.63) is 40.2 Å². The number of amides is 1. The van der Waals surface area contributed by atoms with E-state index in [0.29, 0.717) is 5.69 Å². The van der Waals surface area contributed by atoms with Gasteiger partial charge in [0.25, 0.3) is 5.91 Å². The number of benzene rings is 1. The van der Waals surface area contributed by atoms with Crippen molar-refractivity contribution in [1.82, 2.24) is 9.59 Å². The lowest BCUT2D eigenvalue weighted by Gasteiger charge is -2.08. The van der Waals surface area contributed by atoms with E-state index in [4.69, 9.17) is 5.11 Å². The van der Waals surface area contributed by atoms with Crippen LogP contribution in [0.15, 0.2) is 18.2 Å². The maximum absolute atomic E-state index is 13.7. The van der Waals surface area contributed by atoms with E-state index in [9.17, 15) is 14.0 Å². The second-order valence-corrected chi connectivity index (χ2v) is 5.35. The number of nitrogens with one attached hydrogen (secondary N) is 1. The highest BCUT2D eigenvalue weighted by Crippen LogP contribution is 2.22. The molecule has 0 fully saturated rings. The van der Waals surface area contributed by atoms with E-state index in [2.05, 4.69) is 14.9 Å². The van der Waals surface area contributed by atoms with Crippen molar-refractivity contribution in [2.45, 2.75) is 19.8 Å². The quantitative estimate of drug-likeness (QED) is 0.906. The summed E-state index contributed by atoms with van der Waals surface area (Å²) in [7, 11) is 0. The molecule has 1 aromatic heterocycles. The molecule has 0 aliphatic carbocycles. The summed E-state index contributed by atoms with van der Waals surface area (Å²) in [4.78, 5) is 23.3. The number of rotatable bonds is 4. The Balaban J connectivity index is 2.29. The number of carboxylic acids is 1. The van der Waals surface area contributed by atoms with Gasteiger partial charge in [-0.3, -0.25) is 4.79 Å². The first-order valence-corrected chi connectivity index (χ1v) is 6.84. The number of carbonyl (C=O) groups is 2. The SMILES string of the molecule is CC(C)c1nnsc1C(=O)Nc1cc(C(=O)O)ccc1F. The predicted molar refractivity (Wildman–Crippen MR) is 75.3 cm³/mol. The number of hydrogen-bond donors (Lipinski definition) is 2. The topological polar surface area (TPSA) is 92.2 Å². The number of nitrogens with zero attached hydrogens (tertiary/aromatic N) is 2. The fraction of sp³-hybridized carbons (Fsp3) is 0.231. The molecule has 2 N–H and O–H groups in total. The van der Waals surface area contributed by atoms with E-state index in [1.807, 2.05) is 13.8 Å². The number of halogens is 1. The van der Waals surface area contributed by atoms with Crippen LogP contribution >= 0.6 is 11.5 Å². The van der Waals surface area contributed by atoms with Gasteiger partial charge in [-0.25, -0.2) is 9.18 Å². The third kappa shape index (κ3) is 3.22. The summed E-state index contributed by atoms with van der Waals surface area (Å²) in [5, 5.41) is 15.1. The maximum Gasteiger partial charge on any atom is 0.335 e. The van der Waals surface area contributed by atoms with E-state index >= 15 is 0 Å². The molecule has 0 spiro atoms. The standard InChI is InChI=1S/C13H12FN3O3S/c1-6(2)10-11(21-17-16-10)12(18)15-9-5-7(13(19)20)3-4-8(9)14/h3-6H,1-2H3,(H,15,18)(H,19,20). The van der Waals surface area contributed by atoms with Gasteiger partial charge < -0.3 is 10.4 Å². The van der Waals surface area contributed by atoms with Crippen LogP contribution < -0.4 is 5.32 Å². The summed E-state index contributed by atoms with van der Waals surface area (Å²) in [5.74, 6) is -2.47. The molecular formula is C13H12FN3O3S. The zero-order chi connectivity index (χ0) is 15.6. The molecule has 0 bridgehead atoms. The molecule has 0 unspecified atom stereocenters. The molecule has 110 valence electrons. The van der Waals surface area contributed by atoms with Crippen molar-refractivity contribution in [1.29, 1.82) is 0 Å². The second-order valence-electron chi connectivity index (χ2n) is 4.60. The lowest BCUT2D eigenvalue weighted by Crippen LogP contribution is -2.14. The summed E-state index contributed by atoms with van der Waals surface area (Å²) in [6.45, 7) is 3.72. The zero-order valence-electron chi connectivity index (χ0n) is 11.3. The van der Waals surface area contributed by atoms with Crippen LogP contribution in [-0.4, -0.2) is 26.6 Å². The van der Waals surface area contributed by atoms with Gasteiger partial charge in [0.15, 0.2) is 0 Å². The maximum atomic E-state index is 13.7. The minimum Gasteiger partial charge on any atom is -0.478 e. The van der Waals surface area contributed by atoms with Crippen LogP contribution in [0.3, 0.4) is 0 Å². The average molecular weight is 309 g/mol. The first-order chi connectivity index (χ1) is 9.90. The van der Waals surface area contributed by atoms with Crippen LogP contribution in [0, 0.1) is 5.82 Å². The average Bonchev–Trinajstić information content (AvgIpc) is 2.90. The van der Waals surface area contributed by atoms with Crippen LogP contribution in [0.25, 0.3) is 0 Å². The second kappa shape index (κ2) is 5.96. The van der Waals surface area contributed by atoms with Gasteiger partial charge in [0, 0.05) is 0 Å². The molecular weight excluding hydrogens is 297 g/mol. The van der Waals surface area contributed by atoms with Crippen molar-refractivity contribution in [3.63, 3.8) is 0 Å². The highest BCUT2D eigenvalue weighted by Gasteiger charge is 2.20. The smallest absolute Gasteiger partial charge is 0.335 e. The molecule has 0 atom stereocenters. The van der Waals surface area contributed by atoms with Crippen molar-refractivity contribution in [2.24, 2.45) is 0 Å². The third-order valence-corrected chi connectivity index (χ3v) is 3.47. The first-order valence-electron chi connectivity index (χ1n) is 6.06. The minimum absolute atomic E-state index is 0.000277. The van der Waals surface area contributed by atoms with Crippen LogP contribution in [0.1, 0.15) is 45.5 Å². The van der Waals surface area contributed by atoms with E-state index < -0.39 is 17.7 Å². The number of anilines is 1. The molecule has 21 heavy (non-hydrogen) atoms. The Hall–Kier alpha value is -2.35. The molecule has 0 aliphatic heterocycles. The van der Waals surface area contributed by atoms with E-state index in [1.54, 1.807) is 0 Å². The molecule has 1 aromatic carbocycles. The highest BCUT2D eigenvalue weighted by molar-refractivity contribution is 7.08. The molecule has 6 nitrogen and oxygen atoms in total. The fourth-order valence-corrected chi connectivity index (χ4v) is 2.38. The molecule has 2 rings (SSSR count). The Bertz CT molecular complexity index is 700. The number of carboxylic acid groups (broad SMARTS) is 1. The molecule has 2 aromatic rings. The molecule has 0 aliphatic rings. The number of aromatic carboxylic acids is 1. The summed E-state index contributed by atoms with van der Waals surface area (Å²) >= 11 is 0.910. The van der Waals surface area contributed by atoms with E-state index in [1.165, 1.54) is 0 Å². The van der Waals surface area contributed by atoms with Crippen molar-refractivity contribution in [2.75, 3.05) is 5.32 Å². The molecule has 0 saturated carbocycles. The normalized spacial score (nSPS) is 10.7. The van der Waals surface area contributed by atoms with E-state index in [-0.39, 0.29) is 22.0 Å². The molecule has 1 heterocycles. The highest BCUT2D eigenvalue weighted by atomic mass is 32.1. The van der Waals surface area contributed by atoms with Gasteiger partial charge in [-0.15, -0.1) is 5.10 Å². The zero-order valence-corrected chi connectivity index (χ0v) is 12.1. The Kier molecular flexibility index (Phi) is 4.27. The summed E-state index contributed by atoms with van der Waals surface area (Å²) in [5.41, 5.74) is 0.216. The lowest BCUT2D eigenvalue weighted by molar-refractivity contribution is 0.0696. The first kappa shape index (κ1) is 15.0. The summed E-state index contributed by atoms with van der Waals surface area (Å²) in [6.07, 6.45) is 0. The fourth-order valence-electron chi connectivity index (χ4n) is 1.67. The van der Waals surface area contributed by atoms with Gasteiger partial charge in [0.2, 0.25) is 0 Å². The van der Waals surface area contributed by atoms with Crippen LogP contribution in [0.5, 0.6) is 0 Å². The number of aromatic nitrogens is 2. The van der Waals surface area contributed by atoms with Crippen LogP contribution in [0.4, 0.5) is 10.1 Å². The van der Waals surface area contributed by atoms with Gasteiger partial charge in [-0.05, 0) is 35.6 Å². The predicted octanol–water partition coefficient (Wildman–Crippen LogP) is 2.75. The van der Waals surface area contributed by atoms with Gasteiger partial charge in [-0.2, -0.15) is 0 Å². The van der Waals surface area contributed by atoms with Crippen LogP contribution in [0.2, 0.25) is 0 Å². The Morgan fingerprint density at radius 1 is 1.38 bits per heavy atom. The molecule has 0 radical (unpaired) electrons. The Labute approximate surface area is 123 Å². The van der Waals surface area contributed by atoms with Crippen molar-refractivity contribution < 1.29 is 19.1 Å². The molecule has 0 saturated heterocycles. The summed E-state index contributed by atoms with van der Waals surface area (Å²) in [6, 6.07) is 3.19. The van der Waals surface area contributed by atoms with Crippen LogP contribution in [-0.2, 0) is 0 Å². The van der Waals surface area contributed by atoms with Gasteiger partial charge in [-0.1, -0.05) is 18.3 Å². The third-order valence-electron chi connectivity index (χ3n) is 2.73. The Morgan fingerprint density at radius 3 is 2.71 bits per heavy atom. The number of hydrogen-bond acceptors (Lipinski definition) is 5. The number of carbonyl (C=O) groups excluding carboxylic acids is 1. The lowest BCUT2D eigenvalue weighted by atomic mass is 10.1. The minimum atomic E-state index is -1.20. The monoisotopic (exact) mass is 309 g/mol. The van der Waals surface area contributed by atoms with Gasteiger partial charge in [0.1, 0.15) is 10.7 Å². The largest absolute Gasteiger partial charge is 0.478 e. The molecule has 1 amide bonds. The summed E-state index contributed by atoms with van der Waals surface area (Å²) < 4.78 is 17.4.